The molecule has 0 saturated heterocycles. The predicted molar refractivity (Wildman–Crippen MR) is 99.5 cm³/mol. The molecule has 0 fully saturated rings. The molecule has 28 heavy (non-hydrogen) atoms. The van der Waals surface area contributed by atoms with E-state index in [0.717, 1.165) is 0 Å². The summed E-state index contributed by atoms with van der Waals surface area (Å²) in [5.41, 5.74) is 0.999. The second-order valence-corrected chi connectivity index (χ2v) is 5.39. The Morgan fingerprint density at radius 1 is 0.679 bits per heavy atom. The van der Waals surface area contributed by atoms with Crippen LogP contribution in [0.2, 0.25) is 0 Å². The maximum Gasteiger partial charge on any atom is 0.339 e. The van der Waals surface area contributed by atoms with Gasteiger partial charge in [0.25, 0.3) is 0 Å². The third-order valence-corrected chi connectivity index (χ3v) is 3.66. The molecule has 2 aromatic carbocycles. The number of urea groups is 1. The van der Waals surface area contributed by atoms with Gasteiger partial charge in [0, 0.05) is 5.69 Å². The quantitative estimate of drug-likeness (QED) is 0.599. The van der Waals surface area contributed by atoms with Crippen LogP contribution in [-0.2, 0) is 14.2 Å². The second kappa shape index (κ2) is 9.17. The number of amides is 2. The van der Waals surface area contributed by atoms with Crippen LogP contribution in [0.15, 0.2) is 42.5 Å². The fraction of sp³-hybridized carbons (Fsp3) is 0.158. The molecule has 2 N–H and O–H groups in total. The van der Waals surface area contributed by atoms with E-state index in [4.69, 9.17) is 0 Å². The minimum Gasteiger partial charge on any atom is -0.465 e. The molecule has 9 nitrogen and oxygen atoms in total. The summed E-state index contributed by atoms with van der Waals surface area (Å²) in [6, 6.07) is 9.36. The van der Waals surface area contributed by atoms with Gasteiger partial charge in [0.05, 0.1) is 43.7 Å². The van der Waals surface area contributed by atoms with E-state index in [9.17, 15) is 19.2 Å². The van der Waals surface area contributed by atoms with Crippen molar-refractivity contribution in [2.75, 3.05) is 32.0 Å². The van der Waals surface area contributed by atoms with E-state index in [1.54, 1.807) is 0 Å². The van der Waals surface area contributed by atoms with Crippen LogP contribution in [0.1, 0.15) is 31.1 Å². The number of hydrogen-bond donors (Lipinski definition) is 2. The smallest absolute Gasteiger partial charge is 0.339 e. The molecule has 0 aliphatic rings. The van der Waals surface area contributed by atoms with Crippen molar-refractivity contribution < 1.29 is 33.4 Å². The highest BCUT2D eigenvalue weighted by Crippen LogP contribution is 2.20. The normalized spacial score (nSPS) is 9.82. The summed E-state index contributed by atoms with van der Waals surface area (Å²) in [4.78, 5) is 47.3. The van der Waals surface area contributed by atoms with Crippen LogP contribution < -0.4 is 10.6 Å². The molecule has 0 radical (unpaired) electrons. The Morgan fingerprint density at radius 2 is 1.21 bits per heavy atom. The zero-order valence-electron chi connectivity index (χ0n) is 15.4. The molecule has 0 aliphatic heterocycles. The van der Waals surface area contributed by atoms with Crippen LogP contribution in [0.25, 0.3) is 0 Å². The lowest BCUT2D eigenvalue weighted by molar-refractivity contribution is 0.0587. The van der Waals surface area contributed by atoms with Crippen LogP contribution in [0.4, 0.5) is 16.2 Å². The van der Waals surface area contributed by atoms with Gasteiger partial charge in [-0.15, -0.1) is 0 Å². The molecule has 0 spiro atoms. The number of esters is 3. The lowest BCUT2D eigenvalue weighted by atomic mass is 10.1. The van der Waals surface area contributed by atoms with Crippen LogP contribution in [0, 0.1) is 0 Å². The van der Waals surface area contributed by atoms with E-state index in [1.807, 2.05) is 0 Å². The maximum atomic E-state index is 12.3. The van der Waals surface area contributed by atoms with E-state index >= 15 is 0 Å². The maximum absolute atomic E-state index is 12.3. The van der Waals surface area contributed by atoms with Gasteiger partial charge in [-0.3, -0.25) is 0 Å². The molecule has 0 atom stereocenters. The minimum absolute atomic E-state index is 0.0614. The van der Waals surface area contributed by atoms with Crippen molar-refractivity contribution in [1.82, 2.24) is 0 Å². The van der Waals surface area contributed by atoms with Gasteiger partial charge in [0.1, 0.15) is 0 Å². The SMILES string of the molecule is COC(=O)c1ccc(NC(=O)Nc2cc(C(=O)OC)ccc2C(=O)OC)cc1. The average Bonchev–Trinajstić information content (AvgIpc) is 2.72. The Labute approximate surface area is 160 Å². The summed E-state index contributed by atoms with van der Waals surface area (Å²) >= 11 is 0. The number of carbonyl (C=O) groups excluding carboxylic acids is 4. The highest BCUT2D eigenvalue weighted by atomic mass is 16.5. The zero-order chi connectivity index (χ0) is 20.7. The first-order valence-electron chi connectivity index (χ1n) is 7.96. The van der Waals surface area contributed by atoms with Gasteiger partial charge in [-0.25, -0.2) is 19.2 Å². The van der Waals surface area contributed by atoms with E-state index in [1.165, 1.54) is 63.8 Å². The molecule has 9 heteroatoms. The number of anilines is 2. The number of benzene rings is 2. The fourth-order valence-corrected chi connectivity index (χ4v) is 2.27. The van der Waals surface area contributed by atoms with Crippen molar-refractivity contribution in [3.63, 3.8) is 0 Å². The number of rotatable bonds is 5. The summed E-state index contributed by atoms with van der Waals surface area (Å²) in [5.74, 6) is -1.81. The van der Waals surface area contributed by atoms with Gasteiger partial charge in [-0.05, 0) is 42.5 Å². The molecule has 0 aliphatic carbocycles. The molecule has 0 unspecified atom stereocenters. The molecule has 2 rings (SSSR count). The molecule has 0 aromatic heterocycles. The minimum atomic E-state index is -0.686. The van der Waals surface area contributed by atoms with Crippen LogP contribution in [0.5, 0.6) is 0 Å². The second-order valence-electron chi connectivity index (χ2n) is 5.39. The zero-order valence-corrected chi connectivity index (χ0v) is 15.4. The van der Waals surface area contributed by atoms with Crippen molar-refractivity contribution in [2.24, 2.45) is 0 Å². The highest BCUT2D eigenvalue weighted by molar-refractivity contribution is 6.06. The fourth-order valence-electron chi connectivity index (χ4n) is 2.27. The van der Waals surface area contributed by atoms with E-state index in [0.29, 0.717) is 11.3 Å². The summed E-state index contributed by atoms with van der Waals surface area (Å²) in [6.07, 6.45) is 0. The standard InChI is InChI=1S/C19H18N2O7/c1-26-16(22)11-4-7-13(8-5-11)20-19(25)21-15-10-12(17(23)27-2)6-9-14(15)18(24)28-3/h4-10H,1-3H3,(H2,20,21,25). The Balaban J connectivity index is 2.20. The van der Waals surface area contributed by atoms with Gasteiger partial charge < -0.3 is 24.8 Å². The summed E-state index contributed by atoms with van der Waals surface area (Å²) in [6.45, 7) is 0. The first kappa shape index (κ1) is 20.4. The molecular weight excluding hydrogens is 368 g/mol. The Bertz CT molecular complexity index is 907. The lowest BCUT2D eigenvalue weighted by Gasteiger charge is -2.12. The Hall–Kier alpha value is -3.88. The number of ether oxygens (including phenoxy) is 3. The number of carbonyl (C=O) groups is 4. The van der Waals surface area contributed by atoms with Crippen molar-refractivity contribution >= 4 is 35.3 Å². The van der Waals surface area contributed by atoms with Crippen LogP contribution in [-0.4, -0.2) is 45.3 Å². The van der Waals surface area contributed by atoms with Crippen LogP contribution in [0.3, 0.4) is 0 Å². The van der Waals surface area contributed by atoms with Gasteiger partial charge >= 0.3 is 23.9 Å². The monoisotopic (exact) mass is 386 g/mol. The number of methoxy groups -OCH3 is 3. The number of nitrogens with one attached hydrogen (secondary N) is 2. The van der Waals surface area contributed by atoms with Crippen molar-refractivity contribution in [3.8, 4) is 0 Å². The first-order chi connectivity index (χ1) is 13.4. The van der Waals surface area contributed by atoms with E-state index in [2.05, 4.69) is 24.8 Å². The van der Waals surface area contributed by atoms with Gasteiger partial charge in [0.15, 0.2) is 0 Å². The molecule has 2 amide bonds. The average molecular weight is 386 g/mol. The summed E-state index contributed by atoms with van der Waals surface area (Å²) < 4.78 is 13.9. The first-order valence-corrected chi connectivity index (χ1v) is 7.96. The predicted octanol–water partition coefficient (Wildman–Crippen LogP) is 2.69. The largest absolute Gasteiger partial charge is 0.465 e. The number of hydrogen-bond acceptors (Lipinski definition) is 7. The topological polar surface area (TPSA) is 120 Å². The molecule has 0 heterocycles. The summed E-state index contributed by atoms with van der Waals surface area (Å²) in [5, 5.41) is 5.04. The van der Waals surface area contributed by atoms with E-state index in [-0.39, 0.29) is 16.8 Å². The molecule has 2 aromatic rings. The van der Waals surface area contributed by atoms with Gasteiger partial charge in [-0.1, -0.05) is 0 Å². The molecule has 0 bridgehead atoms. The lowest BCUT2D eigenvalue weighted by Crippen LogP contribution is -2.21. The summed E-state index contributed by atoms with van der Waals surface area (Å²) in [7, 11) is 3.68. The molecule has 0 saturated carbocycles. The van der Waals surface area contributed by atoms with E-state index < -0.39 is 23.9 Å². The molecule has 146 valence electrons. The van der Waals surface area contributed by atoms with Crippen LogP contribution >= 0.6 is 0 Å². The van der Waals surface area contributed by atoms with Gasteiger partial charge in [-0.2, -0.15) is 0 Å². The van der Waals surface area contributed by atoms with Crippen molar-refractivity contribution in [2.45, 2.75) is 0 Å². The third-order valence-electron chi connectivity index (χ3n) is 3.66. The third kappa shape index (κ3) is 4.85. The molecular formula is C19H18N2O7. The Morgan fingerprint density at radius 3 is 1.79 bits per heavy atom. The van der Waals surface area contributed by atoms with Crippen molar-refractivity contribution in [1.29, 1.82) is 0 Å². The van der Waals surface area contributed by atoms with Crippen molar-refractivity contribution in [3.05, 3.63) is 59.2 Å². The Kier molecular flexibility index (Phi) is 6.69. The highest BCUT2D eigenvalue weighted by Gasteiger charge is 2.17. The van der Waals surface area contributed by atoms with Gasteiger partial charge in [0.2, 0.25) is 0 Å².